The summed E-state index contributed by atoms with van der Waals surface area (Å²) in [6.45, 7) is 6.86. The van der Waals surface area contributed by atoms with Crippen LogP contribution in [0.3, 0.4) is 0 Å². The molecule has 0 aliphatic carbocycles. The first-order valence-electron chi connectivity index (χ1n) is 6.32. The van der Waals surface area contributed by atoms with Gasteiger partial charge in [0.2, 0.25) is 0 Å². The van der Waals surface area contributed by atoms with Gasteiger partial charge in [0, 0.05) is 11.1 Å². The Morgan fingerprint density at radius 2 is 2.06 bits per heavy atom. The molecule has 0 bridgehead atoms. The lowest BCUT2D eigenvalue weighted by Crippen LogP contribution is -2.11. The number of halogens is 1. The minimum atomic E-state index is 0.561. The van der Waals surface area contributed by atoms with Crippen LogP contribution in [-0.2, 0) is 11.2 Å². The molecule has 102 valence electrons. The molecule has 0 saturated heterocycles. The van der Waals surface area contributed by atoms with Crippen molar-refractivity contribution >= 4 is 15.9 Å². The lowest BCUT2D eigenvalue weighted by Gasteiger charge is -2.12. The molecule has 0 aromatic heterocycles. The fraction of sp³-hybridized carbons (Fsp3) is 0.571. The number of hydrogen-bond acceptors (Lipinski definition) is 3. The molecule has 18 heavy (non-hydrogen) atoms. The second kappa shape index (κ2) is 8.51. The molecule has 3 nitrogen and oxygen atoms in total. The summed E-state index contributed by atoms with van der Waals surface area (Å²) < 4.78 is 12.3. The van der Waals surface area contributed by atoms with Crippen LogP contribution in [0.15, 0.2) is 22.7 Å². The van der Waals surface area contributed by atoms with E-state index in [1.807, 2.05) is 12.1 Å². The van der Waals surface area contributed by atoms with Gasteiger partial charge in [0.25, 0.3) is 0 Å². The van der Waals surface area contributed by atoms with E-state index in [-0.39, 0.29) is 0 Å². The van der Waals surface area contributed by atoms with Crippen LogP contribution >= 0.6 is 15.9 Å². The van der Waals surface area contributed by atoms with E-state index in [4.69, 9.17) is 15.2 Å². The molecule has 0 atom stereocenters. The second-order valence-electron chi connectivity index (χ2n) is 4.61. The quantitative estimate of drug-likeness (QED) is 0.750. The summed E-state index contributed by atoms with van der Waals surface area (Å²) in [5, 5.41) is 0. The zero-order chi connectivity index (χ0) is 13.4. The van der Waals surface area contributed by atoms with Crippen molar-refractivity contribution in [3.63, 3.8) is 0 Å². The van der Waals surface area contributed by atoms with Crippen molar-refractivity contribution in [2.45, 2.75) is 20.3 Å². The van der Waals surface area contributed by atoms with Gasteiger partial charge in [0.05, 0.1) is 6.61 Å². The molecule has 0 amide bonds. The van der Waals surface area contributed by atoms with Gasteiger partial charge in [-0.15, -0.1) is 0 Å². The molecule has 0 fully saturated rings. The Hall–Kier alpha value is -0.580. The fourth-order valence-corrected chi connectivity index (χ4v) is 1.98. The second-order valence-corrected chi connectivity index (χ2v) is 5.52. The minimum Gasteiger partial charge on any atom is -0.491 e. The molecule has 1 aromatic carbocycles. The van der Waals surface area contributed by atoms with Crippen molar-refractivity contribution in [3.05, 3.63) is 28.2 Å². The van der Waals surface area contributed by atoms with Crippen molar-refractivity contribution in [2.75, 3.05) is 26.4 Å². The van der Waals surface area contributed by atoms with Crippen LogP contribution in [0.4, 0.5) is 0 Å². The zero-order valence-electron chi connectivity index (χ0n) is 11.1. The van der Waals surface area contributed by atoms with Gasteiger partial charge in [-0.3, -0.25) is 0 Å². The zero-order valence-corrected chi connectivity index (χ0v) is 12.7. The highest BCUT2D eigenvalue weighted by molar-refractivity contribution is 9.10. The van der Waals surface area contributed by atoms with Gasteiger partial charge in [0.1, 0.15) is 12.4 Å². The number of benzene rings is 1. The van der Waals surface area contributed by atoms with Crippen LogP contribution in [0, 0.1) is 5.92 Å². The van der Waals surface area contributed by atoms with E-state index in [1.165, 1.54) is 0 Å². The third-order valence-electron chi connectivity index (χ3n) is 2.37. The van der Waals surface area contributed by atoms with Gasteiger partial charge in [-0.1, -0.05) is 29.8 Å². The predicted octanol–water partition coefficient (Wildman–Crippen LogP) is 3.00. The topological polar surface area (TPSA) is 44.5 Å². The summed E-state index contributed by atoms with van der Waals surface area (Å²) in [4.78, 5) is 0. The van der Waals surface area contributed by atoms with Crippen molar-refractivity contribution in [1.29, 1.82) is 0 Å². The molecule has 4 heteroatoms. The van der Waals surface area contributed by atoms with E-state index in [0.717, 1.165) is 28.8 Å². The summed E-state index contributed by atoms with van der Waals surface area (Å²) in [5.41, 5.74) is 6.73. The molecule has 1 rings (SSSR count). The minimum absolute atomic E-state index is 0.561. The lowest BCUT2D eigenvalue weighted by atomic mass is 10.1. The van der Waals surface area contributed by atoms with Crippen LogP contribution in [0.2, 0.25) is 0 Å². The van der Waals surface area contributed by atoms with E-state index in [9.17, 15) is 0 Å². The van der Waals surface area contributed by atoms with Gasteiger partial charge in [-0.05, 0) is 42.6 Å². The molecule has 0 heterocycles. The van der Waals surface area contributed by atoms with Gasteiger partial charge in [-0.2, -0.15) is 0 Å². The molecule has 0 aliphatic heterocycles. The van der Waals surface area contributed by atoms with Crippen LogP contribution < -0.4 is 10.5 Å². The SMILES string of the molecule is CC(C)COCCOc1ccc(Br)cc1CCN. The summed E-state index contributed by atoms with van der Waals surface area (Å²) in [5.74, 6) is 1.46. The summed E-state index contributed by atoms with van der Waals surface area (Å²) in [7, 11) is 0. The summed E-state index contributed by atoms with van der Waals surface area (Å²) >= 11 is 3.45. The van der Waals surface area contributed by atoms with Crippen molar-refractivity contribution in [2.24, 2.45) is 11.7 Å². The average molecular weight is 316 g/mol. The third-order valence-corrected chi connectivity index (χ3v) is 2.87. The maximum Gasteiger partial charge on any atom is 0.122 e. The molecule has 0 saturated carbocycles. The fourth-order valence-electron chi connectivity index (χ4n) is 1.57. The molecule has 1 aromatic rings. The first-order chi connectivity index (χ1) is 8.63. The highest BCUT2D eigenvalue weighted by atomic mass is 79.9. The largest absolute Gasteiger partial charge is 0.491 e. The highest BCUT2D eigenvalue weighted by Gasteiger charge is 2.04. The Kier molecular flexibility index (Phi) is 7.32. The number of rotatable bonds is 8. The Balaban J connectivity index is 2.41. The Bertz CT molecular complexity index is 356. The molecular formula is C14H22BrNO2. The van der Waals surface area contributed by atoms with Crippen molar-refractivity contribution < 1.29 is 9.47 Å². The lowest BCUT2D eigenvalue weighted by molar-refractivity contribution is 0.0816. The Labute approximate surface area is 118 Å². The Morgan fingerprint density at radius 1 is 1.28 bits per heavy atom. The molecule has 0 unspecified atom stereocenters. The van der Waals surface area contributed by atoms with Gasteiger partial charge in [0.15, 0.2) is 0 Å². The standard InChI is InChI=1S/C14H22BrNO2/c1-11(2)10-17-7-8-18-14-4-3-13(15)9-12(14)5-6-16/h3-4,9,11H,5-8,10,16H2,1-2H3. The molecule has 2 N–H and O–H groups in total. The highest BCUT2D eigenvalue weighted by Crippen LogP contribution is 2.23. The summed E-state index contributed by atoms with van der Waals surface area (Å²) in [6, 6.07) is 6.00. The van der Waals surface area contributed by atoms with Crippen LogP contribution in [-0.4, -0.2) is 26.4 Å². The molecular weight excluding hydrogens is 294 g/mol. The van der Waals surface area contributed by atoms with Crippen LogP contribution in [0.5, 0.6) is 5.75 Å². The predicted molar refractivity (Wildman–Crippen MR) is 78.1 cm³/mol. The first-order valence-corrected chi connectivity index (χ1v) is 7.11. The molecule has 0 radical (unpaired) electrons. The first kappa shape index (κ1) is 15.5. The number of nitrogens with two attached hydrogens (primary N) is 1. The Morgan fingerprint density at radius 3 is 2.72 bits per heavy atom. The molecule has 0 aliphatic rings. The van der Waals surface area contributed by atoms with E-state index < -0.39 is 0 Å². The maximum absolute atomic E-state index is 5.73. The van der Waals surface area contributed by atoms with E-state index >= 15 is 0 Å². The summed E-state index contributed by atoms with van der Waals surface area (Å²) in [6.07, 6.45) is 0.821. The smallest absolute Gasteiger partial charge is 0.122 e. The molecule has 0 spiro atoms. The van der Waals surface area contributed by atoms with Crippen LogP contribution in [0.1, 0.15) is 19.4 Å². The van der Waals surface area contributed by atoms with Gasteiger partial charge in [-0.25, -0.2) is 0 Å². The average Bonchev–Trinajstić information content (AvgIpc) is 2.31. The van der Waals surface area contributed by atoms with E-state index in [2.05, 4.69) is 35.8 Å². The normalized spacial score (nSPS) is 10.9. The maximum atomic E-state index is 5.73. The van der Waals surface area contributed by atoms with E-state index in [1.54, 1.807) is 0 Å². The third kappa shape index (κ3) is 5.85. The van der Waals surface area contributed by atoms with E-state index in [0.29, 0.717) is 25.7 Å². The van der Waals surface area contributed by atoms with Crippen molar-refractivity contribution in [1.82, 2.24) is 0 Å². The van der Waals surface area contributed by atoms with Gasteiger partial charge < -0.3 is 15.2 Å². The number of hydrogen-bond donors (Lipinski definition) is 1. The van der Waals surface area contributed by atoms with Crippen molar-refractivity contribution in [3.8, 4) is 5.75 Å². The monoisotopic (exact) mass is 315 g/mol. The van der Waals surface area contributed by atoms with Crippen LogP contribution in [0.25, 0.3) is 0 Å². The number of ether oxygens (including phenoxy) is 2. The van der Waals surface area contributed by atoms with Gasteiger partial charge >= 0.3 is 0 Å².